The Morgan fingerprint density at radius 2 is 1.96 bits per heavy atom. The summed E-state index contributed by atoms with van der Waals surface area (Å²) in [4.78, 5) is 19.9. The van der Waals surface area contributed by atoms with Crippen molar-refractivity contribution in [1.82, 2.24) is 4.98 Å². The molecule has 0 unspecified atom stereocenters. The fourth-order valence-corrected chi connectivity index (χ4v) is 2.82. The van der Waals surface area contributed by atoms with Gasteiger partial charge < -0.3 is 19.9 Å². The maximum absolute atomic E-state index is 11.6. The molecule has 8 heteroatoms. The summed E-state index contributed by atoms with van der Waals surface area (Å²) >= 11 is 0. The number of furan rings is 1. The second kappa shape index (κ2) is 7.98. The number of pyridine rings is 1. The van der Waals surface area contributed by atoms with Crippen molar-refractivity contribution >= 4 is 47.9 Å². The maximum atomic E-state index is 11.6. The van der Waals surface area contributed by atoms with Crippen LogP contribution in [0.4, 0.5) is 11.7 Å². The molecule has 0 amide bonds. The Labute approximate surface area is 166 Å². The molecular formula is C20H16ClN3O4. The van der Waals surface area contributed by atoms with Gasteiger partial charge in [0.05, 0.1) is 0 Å². The van der Waals surface area contributed by atoms with Crippen molar-refractivity contribution in [1.29, 1.82) is 0 Å². The summed E-state index contributed by atoms with van der Waals surface area (Å²) < 4.78 is 5.61. The Morgan fingerprint density at radius 1 is 1.18 bits per heavy atom. The number of aromatic carboxylic acids is 1. The zero-order valence-electron chi connectivity index (χ0n) is 14.5. The van der Waals surface area contributed by atoms with Gasteiger partial charge in [-0.2, -0.15) is 0 Å². The standard InChI is InChI=1S/C20H15N3O4.ClH/c24-17-15(9-13-11-22-18-14(13)7-4-8-21-18)27-19(16(17)20(25)26)23-10-12-5-2-1-3-6-12;/h1-9,11,23-24H,10H2,(H,25,26);1H. The summed E-state index contributed by atoms with van der Waals surface area (Å²) in [5.41, 5.74) is 2.10. The molecule has 2 aromatic heterocycles. The first kappa shape index (κ1) is 19.2. The van der Waals surface area contributed by atoms with E-state index in [1.165, 1.54) is 0 Å². The lowest BCUT2D eigenvalue weighted by Gasteiger charge is -2.04. The van der Waals surface area contributed by atoms with E-state index in [9.17, 15) is 15.0 Å². The number of carboxylic acids is 1. The Morgan fingerprint density at radius 3 is 2.71 bits per heavy atom. The van der Waals surface area contributed by atoms with Crippen LogP contribution >= 0.6 is 12.4 Å². The van der Waals surface area contributed by atoms with Gasteiger partial charge in [0.15, 0.2) is 22.9 Å². The van der Waals surface area contributed by atoms with Gasteiger partial charge in [-0.1, -0.05) is 30.3 Å². The lowest BCUT2D eigenvalue weighted by atomic mass is 10.1. The molecule has 0 saturated heterocycles. The van der Waals surface area contributed by atoms with Crippen LogP contribution in [-0.2, 0) is 6.54 Å². The van der Waals surface area contributed by atoms with Gasteiger partial charge >= 0.3 is 5.97 Å². The molecule has 0 spiro atoms. The number of hydrogen-bond donors (Lipinski definition) is 3. The van der Waals surface area contributed by atoms with Gasteiger partial charge in [-0.15, -0.1) is 12.4 Å². The monoisotopic (exact) mass is 397 g/mol. The number of aromatic hydroxyl groups is 1. The Hall–Kier alpha value is -3.58. The number of aromatic nitrogens is 1. The van der Waals surface area contributed by atoms with Crippen LogP contribution in [0.5, 0.6) is 5.75 Å². The van der Waals surface area contributed by atoms with Gasteiger partial charge in [-0.05, 0) is 23.8 Å². The van der Waals surface area contributed by atoms with Gasteiger partial charge in [0.25, 0.3) is 0 Å². The molecule has 3 heterocycles. The second-order valence-electron chi connectivity index (χ2n) is 5.90. The number of fused-ring (bicyclic) bond motifs is 1. The topological polar surface area (TPSA) is 108 Å². The zero-order valence-corrected chi connectivity index (χ0v) is 15.3. The number of aliphatic imine (C=N–C) groups is 1. The Balaban J connectivity index is 0.00000225. The van der Waals surface area contributed by atoms with E-state index in [1.54, 1.807) is 24.6 Å². The minimum Gasteiger partial charge on any atom is -0.504 e. The summed E-state index contributed by atoms with van der Waals surface area (Å²) in [6, 6.07) is 13.1. The smallest absolute Gasteiger partial charge is 0.345 e. The van der Waals surface area contributed by atoms with Crippen LogP contribution in [0.2, 0.25) is 0 Å². The third kappa shape index (κ3) is 3.60. The largest absolute Gasteiger partial charge is 0.504 e. The van der Waals surface area contributed by atoms with E-state index in [0.717, 1.165) is 11.1 Å². The average molecular weight is 398 g/mol. The minimum atomic E-state index is -1.28. The van der Waals surface area contributed by atoms with Crippen molar-refractivity contribution in [3.63, 3.8) is 0 Å². The quantitative estimate of drug-likeness (QED) is 0.590. The summed E-state index contributed by atoms with van der Waals surface area (Å²) in [6.45, 7) is 0.359. The molecule has 0 saturated carbocycles. The first-order chi connectivity index (χ1) is 13.1. The third-order valence-corrected chi connectivity index (χ3v) is 4.13. The number of nitrogens with one attached hydrogen (secondary N) is 1. The highest BCUT2D eigenvalue weighted by Crippen LogP contribution is 2.38. The number of allylic oxidation sites excluding steroid dienone is 1. The van der Waals surface area contributed by atoms with Crippen LogP contribution in [0.3, 0.4) is 0 Å². The third-order valence-electron chi connectivity index (χ3n) is 4.13. The molecular weight excluding hydrogens is 382 g/mol. The predicted molar refractivity (Wildman–Crippen MR) is 109 cm³/mol. The van der Waals surface area contributed by atoms with E-state index in [4.69, 9.17) is 4.42 Å². The predicted octanol–water partition coefficient (Wildman–Crippen LogP) is 4.37. The first-order valence-electron chi connectivity index (χ1n) is 8.21. The zero-order chi connectivity index (χ0) is 18.8. The first-order valence-corrected chi connectivity index (χ1v) is 8.21. The van der Waals surface area contributed by atoms with E-state index >= 15 is 0 Å². The van der Waals surface area contributed by atoms with Crippen LogP contribution < -0.4 is 5.32 Å². The minimum absolute atomic E-state index is 0. The highest BCUT2D eigenvalue weighted by molar-refractivity contribution is 6.21. The van der Waals surface area contributed by atoms with Crippen molar-refractivity contribution in [2.45, 2.75) is 6.54 Å². The van der Waals surface area contributed by atoms with Crippen LogP contribution in [0.1, 0.15) is 27.2 Å². The van der Waals surface area contributed by atoms with Crippen molar-refractivity contribution in [3.8, 4) is 5.75 Å². The van der Waals surface area contributed by atoms with E-state index in [1.807, 2.05) is 36.4 Å². The molecule has 142 valence electrons. The fraction of sp³-hybridized carbons (Fsp3) is 0.0500. The molecule has 7 nitrogen and oxygen atoms in total. The van der Waals surface area contributed by atoms with Crippen molar-refractivity contribution in [2.24, 2.45) is 4.99 Å². The fourth-order valence-electron chi connectivity index (χ4n) is 2.82. The average Bonchev–Trinajstić information content (AvgIpc) is 3.22. The number of nitrogens with zero attached hydrogens (tertiary/aromatic N) is 2. The lowest BCUT2D eigenvalue weighted by Crippen LogP contribution is -2.04. The molecule has 28 heavy (non-hydrogen) atoms. The van der Waals surface area contributed by atoms with Crippen LogP contribution in [0.25, 0.3) is 11.6 Å². The molecule has 4 rings (SSSR count). The van der Waals surface area contributed by atoms with E-state index in [2.05, 4.69) is 15.3 Å². The van der Waals surface area contributed by atoms with Gasteiger partial charge in [-0.3, -0.25) is 0 Å². The van der Waals surface area contributed by atoms with Gasteiger partial charge in [0, 0.05) is 30.1 Å². The Kier molecular flexibility index (Phi) is 5.47. The number of hydrogen-bond acceptors (Lipinski definition) is 6. The molecule has 0 bridgehead atoms. The second-order valence-corrected chi connectivity index (χ2v) is 5.90. The highest BCUT2D eigenvalue weighted by atomic mass is 35.5. The summed E-state index contributed by atoms with van der Waals surface area (Å²) in [7, 11) is 0. The molecule has 0 radical (unpaired) electrons. The molecule has 1 aliphatic heterocycles. The SMILES string of the molecule is Cl.O=C(O)c1c(NCc2ccccc2)oc(C=C2C=Nc3ncccc32)c1O. The lowest BCUT2D eigenvalue weighted by molar-refractivity contribution is 0.0694. The van der Waals surface area contributed by atoms with E-state index in [-0.39, 0.29) is 29.6 Å². The van der Waals surface area contributed by atoms with Crippen molar-refractivity contribution < 1.29 is 19.4 Å². The van der Waals surface area contributed by atoms with E-state index in [0.29, 0.717) is 17.9 Å². The molecule has 0 aliphatic carbocycles. The van der Waals surface area contributed by atoms with Crippen LogP contribution in [0, 0.1) is 0 Å². The van der Waals surface area contributed by atoms with Crippen LogP contribution in [0.15, 0.2) is 58.1 Å². The highest BCUT2D eigenvalue weighted by Gasteiger charge is 2.25. The molecule has 0 atom stereocenters. The summed E-state index contributed by atoms with van der Waals surface area (Å²) in [5.74, 6) is -1.11. The number of halogens is 1. The normalized spacial score (nSPS) is 13.2. The number of rotatable bonds is 5. The summed E-state index contributed by atoms with van der Waals surface area (Å²) in [5, 5.41) is 22.8. The summed E-state index contributed by atoms with van der Waals surface area (Å²) in [6.07, 6.45) is 4.78. The molecule has 0 fully saturated rings. The van der Waals surface area contributed by atoms with Crippen LogP contribution in [-0.4, -0.2) is 27.4 Å². The number of benzene rings is 1. The van der Waals surface area contributed by atoms with Gasteiger partial charge in [0.1, 0.15) is 0 Å². The number of carbonyl (C=O) groups is 1. The number of anilines is 1. The maximum Gasteiger partial charge on any atom is 0.345 e. The van der Waals surface area contributed by atoms with Gasteiger partial charge in [-0.25, -0.2) is 14.8 Å². The molecule has 3 N–H and O–H groups in total. The van der Waals surface area contributed by atoms with Crippen molar-refractivity contribution in [3.05, 3.63) is 71.1 Å². The molecule has 1 aliphatic rings. The molecule has 1 aromatic carbocycles. The van der Waals surface area contributed by atoms with Gasteiger partial charge in [0.2, 0.25) is 5.88 Å². The van der Waals surface area contributed by atoms with Crippen molar-refractivity contribution in [2.75, 3.05) is 5.32 Å². The Bertz CT molecular complexity index is 1070. The van der Waals surface area contributed by atoms with E-state index < -0.39 is 11.7 Å². The molecule has 3 aromatic rings. The number of carboxylic acid groups (broad SMARTS) is 1.